The molecule has 7 nitrogen and oxygen atoms in total. The molecule has 2 unspecified atom stereocenters. The number of carboxylic acid groups (broad SMARTS) is 1. The van der Waals surface area contributed by atoms with Crippen LogP contribution in [0.2, 0.25) is 0 Å². The second-order valence-corrected chi connectivity index (χ2v) is 10.6. The van der Waals surface area contributed by atoms with Crippen molar-refractivity contribution in [2.45, 2.75) is 31.2 Å². The minimum absolute atomic E-state index is 0.0324. The summed E-state index contributed by atoms with van der Waals surface area (Å²) in [5, 5.41) is 12.7. The van der Waals surface area contributed by atoms with Gasteiger partial charge in [-0.15, -0.1) is 11.3 Å². The Balaban J connectivity index is 1.58. The molecule has 4 rings (SSSR count). The number of anilines is 1. The number of carbonyl (C=O) groups is 1. The van der Waals surface area contributed by atoms with Crippen molar-refractivity contribution in [3.8, 4) is 11.3 Å². The number of nitrogens with one attached hydrogen (secondary N) is 1. The van der Waals surface area contributed by atoms with Gasteiger partial charge in [0.25, 0.3) is 0 Å². The number of hydrogen-bond donors (Lipinski definition) is 2. The van der Waals surface area contributed by atoms with E-state index < -0.39 is 16.1 Å². The van der Waals surface area contributed by atoms with E-state index in [9.17, 15) is 18.3 Å². The number of thiazole rings is 1. The van der Waals surface area contributed by atoms with Gasteiger partial charge < -0.3 is 10.0 Å². The van der Waals surface area contributed by atoms with Crippen molar-refractivity contribution in [2.75, 3.05) is 17.5 Å². The summed E-state index contributed by atoms with van der Waals surface area (Å²) in [7, 11) is -3.33. The zero-order valence-electron chi connectivity index (χ0n) is 17.6. The number of benzene rings is 2. The number of likely N-dealkylation sites (tertiary alicyclic amines) is 1. The van der Waals surface area contributed by atoms with Crippen molar-refractivity contribution in [3.05, 3.63) is 70.5 Å². The van der Waals surface area contributed by atoms with Gasteiger partial charge in [-0.25, -0.2) is 18.2 Å². The largest absolute Gasteiger partial charge is 0.465 e. The summed E-state index contributed by atoms with van der Waals surface area (Å²) < 4.78 is 25.3. The molecule has 1 aliphatic rings. The Morgan fingerprint density at radius 1 is 1.19 bits per heavy atom. The highest BCUT2D eigenvalue weighted by molar-refractivity contribution is 7.92. The molecule has 9 heteroatoms. The third kappa shape index (κ3) is 5.28. The quantitative estimate of drug-likeness (QED) is 0.545. The molecule has 1 aliphatic heterocycles. The predicted molar refractivity (Wildman–Crippen MR) is 127 cm³/mol. The first-order valence-electron chi connectivity index (χ1n) is 10.4. The molecule has 3 aromatic rings. The molecule has 1 amide bonds. The average Bonchev–Trinajstić information content (AvgIpc) is 3.24. The monoisotopic (exact) mass is 471 g/mol. The molecule has 1 aromatic heterocycles. The van der Waals surface area contributed by atoms with E-state index in [2.05, 4.69) is 4.72 Å². The zero-order chi connectivity index (χ0) is 22.7. The van der Waals surface area contributed by atoms with Gasteiger partial charge in [0.05, 0.1) is 17.0 Å². The van der Waals surface area contributed by atoms with Gasteiger partial charge >= 0.3 is 6.09 Å². The number of hydrogen-bond acceptors (Lipinski definition) is 5. The molecule has 2 N–H and O–H groups in total. The van der Waals surface area contributed by atoms with Gasteiger partial charge in [-0.1, -0.05) is 42.5 Å². The Bertz CT molecular complexity index is 1180. The van der Waals surface area contributed by atoms with Crippen LogP contribution in [0.15, 0.2) is 60.0 Å². The van der Waals surface area contributed by atoms with Crippen molar-refractivity contribution in [2.24, 2.45) is 0 Å². The second kappa shape index (κ2) is 9.30. The van der Waals surface area contributed by atoms with Gasteiger partial charge in [0.2, 0.25) is 10.0 Å². The maximum absolute atomic E-state index is 11.9. The van der Waals surface area contributed by atoms with Crippen LogP contribution in [0.1, 0.15) is 29.3 Å². The standard InChI is InChI=1S/C23H25N3O4S2/c1-32(29,30)25-18-11-9-17(10-12-18)20-15-31-22(24-20)19-8-5-13-26(23(27)28)21(19)14-16-6-3-2-4-7-16/h2-4,6-7,9-12,15,19,21,25H,5,8,13-14H2,1H3,(H,27,28). The van der Waals surface area contributed by atoms with Crippen molar-refractivity contribution >= 4 is 33.1 Å². The molecule has 2 aromatic carbocycles. The highest BCUT2D eigenvalue weighted by atomic mass is 32.2. The highest BCUT2D eigenvalue weighted by Crippen LogP contribution is 2.37. The summed E-state index contributed by atoms with van der Waals surface area (Å²) in [6.07, 6.45) is 2.58. The Kier molecular flexibility index (Phi) is 6.48. The first kappa shape index (κ1) is 22.3. The van der Waals surface area contributed by atoms with E-state index in [1.807, 2.05) is 47.8 Å². The molecule has 168 valence electrons. The van der Waals surface area contributed by atoms with E-state index in [4.69, 9.17) is 4.98 Å². The lowest BCUT2D eigenvalue weighted by Crippen LogP contribution is -2.48. The van der Waals surface area contributed by atoms with Crippen molar-refractivity contribution < 1.29 is 18.3 Å². The number of nitrogens with zero attached hydrogens (tertiary/aromatic N) is 2. The Labute approximate surface area is 191 Å². The molecule has 0 aliphatic carbocycles. The Morgan fingerprint density at radius 2 is 1.91 bits per heavy atom. The molecule has 1 fully saturated rings. The molecule has 0 radical (unpaired) electrons. The van der Waals surface area contributed by atoms with Crippen LogP contribution in [-0.4, -0.2) is 48.3 Å². The van der Waals surface area contributed by atoms with Crippen molar-refractivity contribution in [1.82, 2.24) is 9.88 Å². The maximum atomic E-state index is 11.9. The smallest absolute Gasteiger partial charge is 0.407 e. The zero-order valence-corrected chi connectivity index (χ0v) is 19.3. The van der Waals surface area contributed by atoms with Gasteiger partial charge in [-0.3, -0.25) is 4.72 Å². The lowest BCUT2D eigenvalue weighted by atomic mass is 9.85. The maximum Gasteiger partial charge on any atom is 0.407 e. The third-order valence-electron chi connectivity index (χ3n) is 5.64. The van der Waals surface area contributed by atoms with Gasteiger partial charge in [-0.05, 0) is 37.0 Å². The lowest BCUT2D eigenvalue weighted by Gasteiger charge is -2.39. The molecule has 1 saturated heterocycles. The fourth-order valence-electron chi connectivity index (χ4n) is 4.20. The van der Waals surface area contributed by atoms with Gasteiger partial charge in [-0.2, -0.15) is 0 Å². The molecule has 0 spiro atoms. The number of piperidine rings is 1. The Hall–Kier alpha value is -2.91. The average molecular weight is 472 g/mol. The molecular weight excluding hydrogens is 446 g/mol. The SMILES string of the molecule is CS(=O)(=O)Nc1ccc(-c2csc(C3CCCN(C(=O)O)C3Cc3ccccc3)n2)cc1. The summed E-state index contributed by atoms with van der Waals surface area (Å²) in [6.45, 7) is 0.538. The molecular formula is C23H25N3O4S2. The van der Waals surface area contributed by atoms with Crippen LogP contribution in [0.5, 0.6) is 0 Å². The van der Waals surface area contributed by atoms with Crippen LogP contribution in [-0.2, 0) is 16.4 Å². The normalized spacial score (nSPS) is 19.0. The predicted octanol–water partition coefficient (Wildman–Crippen LogP) is 4.65. The van der Waals surface area contributed by atoms with Crippen molar-refractivity contribution in [3.63, 3.8) is 0 Å². The molecule has 0 bridgehead atoms. The van der Waals surface area contributed by atoms with Gasteiger partial charge in [0, 0.05) is 35.1 Å². The fourth-order valence-corrected chi connectivity index (χ4v) is 5.79. The van der Waals surface area contributed by atoms with Crippen LogP contribution >= 0.6 is 11.3 Å². The van der Waals surface area contributed by atoms with Gasteiger partial charge in [0.15, 0.2) is 0 Å². The minimum Gasteiger partial charge on any atom is -0.465 e. The summed E-state index contributed by atoms with van der Waals surface area (Å²) in [4.78, 5) is 18.4. The number of sulfonamides is 1. The molecule has 2 atom stereocenters. The fraction of sp³-hybridized carbons (Fsp3) is 0.304. The molecule has 32 heavy (non-hydrogen) atoms. The summed E-state index contributed by atoms with van der Waals surface area (Å²) >= 11 is 1.55. The Morgan fingerprint density at radius 3 is 2.56 bits per heavy atom. The summed E-state index contributed by atoms with van der Waals surface area (Å²) in [5.41, 5.74) is 3.30. The summed E-state index contributed by atoms with van der Waals surface area (Å²) in [5.74, 6) is 0.0324. The summed E-state index contributed by atoms with van der Waals surface area (Å²) in [6, 6.07) is 16.9. The van der Waals surface area contributed by atoms with E-state index in [1.165, 1.54) is 0 Å². The van der Waals surface area contributed by atoms with Crippen LogP contribution in [0, 0.1) is 0 Å². The van der Waals surface area contributed by atoms with E-state index >= 15 is 0 Å². The third-order valence-corrected chi connectivity index (χ3v) is 7.22. The first-order chi connectivity index (χ1) is 15.3. The molecule has 0 saturated carbocycles. The van der Waals surface area contributed by atoms with Crippen LogP contribution in [0.3, 0.4) is 0 Å². The topological polar surface area (TPSA) is 99.6 Å². The van der Waals surface area contributed by atoms with Crippen LogP contribution < -0.4 is 4.72 Å². The van der Waals surface area contributed by atoms with Crippen LogP contribution in [0.4, 0.5) is 10.5 Å². The van der Waals surface area contributed by atoms with E-state index in [0.29, 0.717) is 18.7 Å². The van der Waals surface area contributed by atoms with E-state index in [-0.39, 0.29) is 12.0 Å². The second-order valence-electron chi connectivity index (χ2n) is 8.00. The first-order valence-corrected chi connectivity index (χ1v) is 13.1. The number of rotatable bonds is 6. The van der Waals surface area contributed by atoms with Crippen LogP contribution in [0.25, 0.3) is 11.3 Å². The van der Waals surface area contributed by atoms with Gasteiger partial charge in [0.1, 0.15) is 0 Å². The number of aromatic nitrogens is 1. The van der Waals surface area contributed by atoms with E-state index in [0.717, 1.165) is 40.9 Å². The molecule has 2 heterocycles. The highest BCUT2D eigenvalue weighted by Gasteiger charge is 2.36. The minimum atomic E-state index is -3.33. The van der Waals surface area contributed by atoms with E-state index in [1.54, 1.807) is 28.4 Å². The van der Waals surface area contributed by atoms with Crippen molar-refractivity contribution in [1.29, 1.82) is 0 Å². The lowest BCUT2D eigenvalue weighted by molar-refractivity contribution is 0.0964. The number of amides is 1.